The molecule has 3 aromatic rings. The zero-order valence-corrected chi connectivity index (χ0v) is 18.7. The minimum atomic E-state index is -5.25. The van der Waals surface area contributed by atoms with Gasteiger partial charge in [0.25, 0.3) is 0 Å². The highest BCUT2D eigenvalue weighted by atomic mass is 19.4. The predicted octanol–water partition coefficient (Wildman–Crippen LogP) is 8.76. The molecule has 1 aromatic heterocycles. The van der Waals surface area contributed by atoms with Gasteiger partial charge in [0.1, 0.15) is 0 Å². The monoisotopic (exact) mass is 558 g/mol. The minimum absolute atomic E-state index is 0.152. The number of alkyl halides is 12. The van der Waals surface area contributed by atoms with Crippen LogP contribution in [0.3, 0.4) is 0 Å². The molecule has 204 valence electrons. The average Bonchev–Trinajstić information content (AvgIpc) is 2.80. The maximum Gasteiger partial charge on any atom is 0.416 e. The van der Waals surface area contributed by atoms with E-state index in [0.29, 0.717) is 37.1 Å². The Morgan fingerprint density at radius 2 is 0.684 bits per heavy atom. The molecule has 0 radical (unpaired) electrons. The largest absolute Gasteiger partial charge is 0.416 e. The van der Waals surface area contributed by atoms with Crippen molar-refractivity contribution in [3.8, 4) is 22.5 Å². The lowest BCUT2D eigenvalue weighted by atomic mass is 9.94. The van der Waals surface area contributed by atoms with Crippen LogP contribution in [0, 0.1) is 0 Å². The molecule has 0 fully saturated rings. The lowest BCUT2D eigenvalue weighted by Gasteiger charge is -2.21. The maximum absolute atomic E-state index is 13.5. The van der Waals surface area contributed by atoms with E-state index in [1.807, 2.05) is 0 Å². The predicted molar refractivity (Wildman–Crippen MR) is 110 cm³/mol. The number of hydrogen-bond donors (Lipinski definition) is 0. The van der Waals surface area contributed by atoms with Gasteiger partial charge in [-0.3, -0.25) is 0 Å². The van der Waals surface area contributed by atoms with Gasteiger partial charge < -0.3 is 0 Å². The van der Waals surface area contributed by atoms with Crippen LogP contribution in [0.25, 0.3) is 22.5 Å². The molecular weight excluding hydrogens is 544 g/mol. The summed E-state index contributed by atoms with van der Waals surface area (Å²) in [6.45, 7) is 0. The van der Waals surface area contributed by atoms with Crippen molar-refractivity contribution in [1.82, 2.24) is 9.97 Å². The summed E-state index contributed by atoms with van der Waals surface area (Å²) in [7, 11) is 0. The minimum Gasteiger partial charge on any atom is -0.249 e. The molecule has 1 aliphatic carbocycles. The van der Waals surface area contributed by atoms with Crippen LogP contribution < -0.4 is 0 Å². The molecule has 0 aliphatic heterocycles. The van der Waals surface area contributed by atoms with Gasteiger partial charge in [-0.05, 0) is 62.1 Å². The quantitative estimate of drug-likeness (QED) is 0.294. The van der Waals surface area contributed by atoms with Gasteiger partial charge >= 0.3 is 24.7 Å². The summed E-state index contributed by atoms with van der Waals surface area (Å²) in [6, 6.07) is 0.904. The van der Waals surface area contributed by atoms with E-state index in [9.17, 15) is 52.7 Å². The summed E-state index contributed by atoms with van der Waals surface area (Å²) in [5.41, 5.74) is -9.57. The highest BCUT2D eigenvalue weighted by molar-refractivity contribution is 5.80. The van der Waals surface area contributed by atoms with E-state index < -0.39 is 69.5 Å². The molecule has 0 atom stereocenters. The van der Waals surface area contributed by atoms with Crippen molar-refractivity contribution >= 4 is 0 Å². The van der Waals surface area contributed by atoms with Gasteiger partial charge in [0.05, 0.1) is 45.0 Å². The molecule has 1 heterocycles. The lowest BCUT2D eigenvalue weighted by Crippen LogP contribution is -2.14. The smallest absolute Gasteiger partial charge is 0.249 e. The molecule has 0 bridgehead atoms. The van der Waals surface area contributed by atoms with E-state index in [1.165, 1.54) is 0 Å². The molecule has 0 saturated carbocycles. The van der Waals surface area contributed by atoms with Gasteiger partial charge in [0, 0.05) is 11.1 Å². The van der Waals surface area contributed by atoms with Gasteiger partial charge in [-0.15, -0.1) is 0 Å². The van der Waals surface area contributed by atoms with Crippen molar-refractivity contribution in [2.24, 2.45) is 0 Å². The van der Waals surface area contributed by atoms with E-state index >= 15 is 0 Å². The number of nitrogens with zero attached hydrogens (tertiary/aromatic N) is 2. The van der Waals surface area contributed by atoms with E-state index in [0.717, 1.165) is 0 Å². The fourth-order valence-corrected chi connectivity index (χ4v) is 4.08. The Labute approximate surface area is 206 Å². The average molecular weight is 558 g/mol. The van der Waals surface area contributed by atoms with Crippen LogP contribution in [0.4, 0.5) is 52.7 Å². The van der Waals surface area contributed by atoms with Crippen molar-refractivity contribution in [2.45, 2.75) is 50.4 Å². The van der Waals surface area contributed by atoms with E-state index in [2.05, 4.69) is 9.97 Å². The molecule has 2 nitrogen and oxygen atoms in total. The third-order valence-electron chi connectivity index (χ3n) is 5.85. The third kappa shape index (κ3) is 5.73. The van der Waals surface area contributed by atoms with Crippen LogP contribution in [0.5, 0.6) is 0 Å². The van der Waals surface area contributed by atoms with Gasteiger partial charge in [0.15, 0.2) is 0 Å². The van der Waals surface area contributed by atoms with Crippen molar-refractivity contribution in [3.05, 3.63) is 70.0 Å². The highest BCUT2D eigenvalue weighted by Gasteiger charge is 2.39. The fourth-order valence-electron chi connectivity index (χ4n) is 4.08. The van der Waals surface area contributed by atoms with Crippen molar-refractivity contribution < 1.29 is 52.7 Å². The fraction of sp³-hybridized carbons (Fsp3) is 0.333. The number of fused-ring (bicyclic) bond motifs is 1. The molecule has 1 aliphatic rings. The summed E-state index contributed by atoms with van der Waals surface area (Å²) in [6.07, 6.45) is -19.5. The standard InChI is InChI=1S/C24H14F12N2/c25-21(26,27)13-5-11(6-14(9-13)22(28,29)30)19-20(38-18-4-2-1-3-17(18)37-19)12-7-15(23(31,32)33)10-16(8-12)24(34,35)36/h5-10H,1-4H2. The number of rotatable bonds is 2. The summed E-state index contributed by atoms with van der Waals surface area (Å²) < 4.78 is 162. The molecule has 0 amide bonds. The molecule has 38 heavy (non-hydrogen) atoms. The van der Waals surface area contributed by atoms with Gasteiger partial charge in [-0.2, -0.15) is 52.7 Å². The summed E-state index contributed by atoms with van der Waals surface area (Å²) in [5.74, 6) is 0. The number of halogens is 12. The normalized spacial score (nSPS) is 14.9. The van der Waals surface area contributed by atoms with Crippen molar-refractivity contribution in [3.63, 3.8) is 0 Å². The van der Waals surface area contributed by atoms with Crippen LogP contribution in [-0.2, 0) is 37.5 Å². The molecule has 0 saturated heterocycles. The Morgan fingerprint density at radius 3 is 0.921 bits per heavy atom. The maximum atomic E-state index is 13.5. The second-order valence-corrected chi connectivity index (χ2v) is 8.61. The number of benzene rings is 2. The van der Waals surface area contributed by atoms with E-state index in [1.54, 1.807) is 0 Å². The Morgan fingerprint density at radius 1 is 0.421 bits per heavy atom. The van der Waals surface area contributed by atoms with Crippen LogP contribution >= 0.6 is 0 Å². The molecule has 0 unspecified atom stereocenters. The molecule has 0 spiro atoms. The third-order valence-corrected chi connectivity index (χ3v) is 5.85. The number of hydrogen-bond acceptors (Lipinski definition) is 2. The van der Waals surface area contributed by atoms with E-state index in [4.69, 9.17) is 0 Å². The van der Waals surface area contributed by atoms with Crippen LogP contribution in [0.2, 0.25) is 0 Å². The zero-order chi connectivity index (χ0) is 28.3. The molecule has 0 N–H and O–H groups in total. The van der Waals surface area contributed by atoms with Gasteiger partial charge in [-0.1, -0.05) is 0 Å². The van der Waals surface area contributed by atoms with Gasteiger partial charge in [0.2, 0.25) is 0 Å². The van der Waals surface area contributed by atoms with Crippen LogP contribution in [-0.4, -0.2) is 9.97 Å². The Hall–Kier alpha value is -3.32. The first-order valence-corrected chi connectivity index (χ1v) is 10.8. The van der Waals surface area contributed by atoms with Gasteiger partial charge in [-0.25, -0.2) is 9.97 Å². The SMILES string of the molecule is FC(F)(F)c1cc(-c2nc3c(nc2-c2cc(C(F)(F)F)cc(C(F)(F)F)c2)CCCC3)cc(C(F)(F)F)c1. The second kappa shape index (κ2) is 9.16. The van der Waals surface area contributed by atoms with Crippen LogP contribution in [0.15, 0.2) is 36.4 Å². The Bertz CT molecular complexity index is 1200. The molecular formula is C24H14F12N2. The van der Waals surface area contributed by atoms with Crippen molar-refractivity contribution in [1.29, 1.82) is 0 Å². The number of aryl methyl sites for hydroxylation is 2. The molecule has 4 rings (SSSR count). The first kappa shape index (κ1) is 27.7. The first-order valence-electron chi connectivity index (χ1n) is 10.8. The number of aromatic nitrogens is 2. The zero-order valence-electron chi connectivity index (χ0n) is 18.7. The Balaban J connectivity index is 2.08. The summed E-state index contributed by atoms with van der Waals surface area (Å²) in [5, 5.41) is 0. The summed E-state index contributed by atoms with van der Waals surface area (Å²) in [4.78, 5) is 8.26. The highest BCUT2D eigenvalue weighted by Crippen LogP contribution is 2.43. The van der Waals surface area contributed by atoms with Crippen LogP contribution in [0.1, 0.15) is 46.5 Å². The molecule has 2 aromatic carbocycles. The Kier molecular flexibility index (Phi) is 6.68. The van der Waals surface area contributed by atoms with E-state index in [-0.39, 0.29) is 36.4 Å². The summed E-state index contributed by atoms with van der Waals surface area (Å²) >= 11 is 0. The topological polar surface area (TPSA) is 25.8 Å². The van der Waals surface area contributed by atoms with Crippen molar-refractivity contribution in [2.75, 3.05) is 0 Å². The first-order chi connectivity index (χ1) is 17.3. The molecule has 14 heteroatoms. The lowest BCUT2D eigenvalue weighted by molar-refractivity contribution is -0.144. The second-order valence-electron chi connectivity index (χ2n) is 8.61.